The van der Waals surface area contributed by atoms with Gasteiger partial charge in [-0.25, -0.2) is 4.63 Å². The van der Waals surface area contributed by atoms with Crippen LogP contribution in [0, 0.1) is 5.92 Å². The second kappa shape index (κ2) is 4.61. The van der Waals surface area contributed by atoms with Crippen LogP contribution in [0.4, 0.5) is 11.4 Å². The Morgan fingerprint density at radius 2 is 2.00 bits per heavy atom. The Balaban J connectivity index is 2.46. The van der Waals surface area contributed by atoms with Crippen molar-refractivity contribution >= 4 is 22.4 Å². The maximum absolute atomic E-state index is 5.83. The van der Waals surface area contributed by atoms with E-state index in [2.05, 4.69) is 36.0 Å². The number of hydrogen-bond acceptors (Lipinski definition) is 5. The van der Waals surface area contributed by atoms with Gasteiger partial charge in [0.25, 0.3) is 0 Å². The molecule has 2 rings (SSSR count). The second-order valence-electron chi connectivity index (χ2n) is 4.57. The summed E-state index contributed by atoms with van der Waals surface area (Å²) in [6, 6.07) is 3.83. The van der Waals surface area contributed by atoms with Crippen LogP contribution in [0.3, 0.4) is 0 Å². The molecule has 2 aromatic rings. The van der Waals surface area contributed by atoms with E-state index in [1.54, 1.807) is 0 Å². The van der Waals surface area contributed by atoms with Crippen molar-refractivity contribution in [3.05, 3.63) is 12.1 Å². The van der Waals surface area contributed by atoms with Gasteiger partial charge >= 0.3 is 0 Å². The van der Waals surface area contributed by atoms with Gasteiger partial charge in [0.05, 0.1) is 11.4 Å². The number of nitrogens with two attached hydrogens (primary N) is 1. The molecular formula is C12H18N4O. The number of anilines is 2. The van der Waals surface area contributed by atoms with E-state index < -0.39 is 0 Å². The summed E-state index contributed by atoms with van der Waals surface area (Å²) in [6.45, 7) is 8.40. The first kappa shape index (κ1) is 11.7. The van der Waals surface area contributed by atoms with Crippen molar-refractivity contribution < 1.29 is 4.63 Å². The minimum atomic E-state index is 0.586. The zero-order chi connectivity index (χ0) is 12.4. The summed E-state index contributed by atoms with van der Waals surface area (Å²) in [4.78, 5) is 2.26. The Labute approximate surface area is 101 Å². The second-order valence-corrected chi connectivity index (χ2v) is 4.57. The van der Waals surface area contributed by atoms with Gasteiger partial charge in [-0.3, -0.25) is 0 Å². The Bertz CT molecular complexity index is 506. The third-order valence-corrected chi connectivity index (χ3v) is 2.73. The van der Waals surface area contributed by atoms with Crippen LogP contribution in [0.15, 0.2) is 16.8 Å². The molecule has 0 unspecified atom stereocenters. The molecule has 0 fully saturated rings. The van der Waals surface area contributed by atoms with Crippen LogP contribution < -0.4 is 10.6 Å². The van der Waals surface area contributed by atoms with E-state index >= 15 is 0 Å². The number of nitrogen functional groups attached to an aromatic ring is 1. The zero-order valence-electron chi connectivity index (χ0n) is 10.5. The molecule has 5 nitrogen and oxygen atoms in total. The molecule has 1 aromatic heterocycles. The number of rotatable bonds is 4. The molecule has 0 bridgehead atoms. The van der Waals surface area contributed by atoms with E-state index in [1.807, 2.05) is 12.1 Å². The van der Waals surface area contributed by atoms with Gasteiger partial charge in [0.15, 0.2) is 11.0 Å². The molecule has 0 aliphatic rings. The smallest absolute Gasteiger partial charge is 0.160 e. The zero-order valence-corrected chi connectivity index (χ0v) is 10.5. The molecule has 0 atom stereocenters. The standard InChI is InChI=1S/C12H18N4O/c1-4-16(7-8(2)3)10-6-5-9(13)11-12(10)15-17-14-11/h5-6,8H,4,7,13H2,1-3H3. The van der Waals surface area contributed by atoms with Crippen molar-refractivity contribution in [1.82, 2.24) is 10.3 Å². The van der Waals surface area contributed by atoms with Crippen molar-refractivity contribution in [2.45, 2.75) is 20.8 Å². The van der Waals surface area contributed by atoms with Gasteiger partial charge < -0.3 is 10.6 Å². The van der Waals surface area contributed by atoms with Crippen LogP contribution in [-0.4, -0.2) is 23.4 Å². The Kier molecular flexibility index (Phi) is 3.17. The van der Waals surface area contributed by atoms with E-state index in [0.29, 0.717) is 17.1 Å². The van der Waals surface area contributed by atoms with Crippen LogP contribution in [-0.2, 0) is 0 Å². The molecule has 0 saturated carbocycles. The highest BCUT2D eigenvalue weighted by Crippen LogP contribution is 2.28. The third kappa shape index (κ3) is 2.18. The Morgan fingerprint density at radius 3 is 2.65 bits per heavy atom. The van der Waals surface area contributed by atoms with Crippen molar-refractivity contribution in [3.63, 3.8) is 0 Å². The fraction of sp³-hybridized carbons (Fsp3) is 0.500. The molecule has 0 radical (unpaired) electrons. The summed E-state index contributed by atoms with van der Waals surface area (Å²) in [5.74, 6) is 0.586. The number of nitrogens with zero attached hydrogens (tertiary/aromatic N) is 3. The van der Waals surface area contributed by atoms with Crippen LogP contribution in [0.1, 0.15) is 20.8 Å². The predicted octanol–water partition coefficient (Wildman–Crippen LogP) is 2.29. The summed E-state index contributed by atoms with van der Waals surface area (Å²) in [7, 11) is 0. The molecule has 0 spiro atoms. The number of aromatic nitrogens is 2. The molecule has 1 heterocycles. The first-order chi connectivity index (χ1) is 8.13. The number of benzene rings is 1. The quantitative estimate of drug-likeness (QED) is 0.822. The van der Waals surface area contributed by atoms with E-state index in [1.165, 1.54) is 0 Å². The van der Waals surface area contributed by atoms with Crippen molar-refractivity contribution in [2.24, 2.45) is 5.92 Å². The van der Waals surface area contributed by atoms with Gasteiger partial charge in [0, 0.05) is 13.1 Å². The lowest BCUT2D eigenvalue weighted by molar-refractivity contribution is 0.315. The van der Waals surface area contributed by atoms with Gasteiger partial charge in [0.2, 0.25) is 0 Å². The molecule has 92 valence electrons. The molecule has 2 N–H and O–H groups in total. The minimum Gasteiger partial charge on any atom is -0.397 e. The predicted molar refractivity (Wildman–Crippen MR) is 68.9 cm³/mol. The molecule has 5 heteroatoms. The van der Waals surface area contributed by atoms with Gasteiger partial charge in [0.1, 0.15) is 0 Å². The topological polar surface area (TPSA) is 68.2 Å². The first-order valence-corrected chi connectivity index (χ1v) is 5.89. The molecule has 0 amide bonds. The Morgan fingerprint density at radius 1 is 1.29 bits per heavy atom. The summed E-state index contributed by atoms with van der Waals surface area (Å²) in [6.07, 6.45) is 0. The van der Waals surface area contributed by atoms with Crippen LogP contribution in [0.2, 0.25) is 0 Å². The molecular weight excluding hydrogens is 216 g/mol. The van der Waals surface area contributed by atoms with Gasteiger partial charge in [-0.05, 0) is 35.3 Å². The lowest BCUT2D eigenvalue weighted by Gasteiger charge is -2.25. The summed E-state index contributed by atoms with van der Waals surface area (Å²) < 4.78 is 4.78. The van der Waals surface area contributed by atoms with Gasteiger partial charge in [-0.2, -0.15) is 0 Å². The number of fused-ring (bicyclic) bond motifs is 1. The average Bonchev–Trinajstić information content (AvgIpc) is 2.76. The van der Waals surface area contributed by atoms with Gasteiger partial charge in [-0.15, -0.1) is 0 Å². The maximum atomic E-state index is 5.83. The molecule has 0 aliphatic carbocycles. The normalized spacial score (nSPS) is 11.3. The Hall–Kier alpha value is -1.78. The monoisotopic (exact) mass is 234 g/mol. The molecule has 1 aromatic carbocycles. The van der Waals surface area contributed by atoms with Crippen molar-refractivity contribution in [2.75, 3.05) is 23.7 Å². The number of hydrogen-bond donors (Lipinski definition) is 1. The van der Waals surface area contributed by atoms with Crippen molar-refractivity contribution in [3.8, 4) is 0 Å². The highest BCUT2D eigenvalue weighted by molar-refractivity contribution is 5.95. The van der Waals surface area contributed by atoms with E-state index in [0.717, 1.165) is 24.3 Å². The van der Waals surface area contributed by atoms with E-state index in [4.69, 9.17) is 10.4 Å². The minimum absolute atomic E-state index is 0.586. The maximum Gasteiger partial charge on any atom is 0.160 e. The highest BCUT2D eigenvalue weighted by atomic mass is 16.6. The molecule has 17 heavy (non-hydrogen) atoms. The highest BCUT2D eigenvalue weighted by Gasteiger charge is 2.15. The fourth-order valence-electron chi connectivity index (χ4n) is 1.97. The molecule has 0 aliphatic heterocycles. The summed E-state index contributed by atoms with van der Waals surface area (Å²) >= 11 is 0. The third-order valence-electron chi connectivity index (χ3n) is 2.73. The van der Waals surface area contributed by atoms with Crippen LogP contribution in [0.25, 0.3) is 11.0 Å². The van der Waals surface area contributed by atoms with Gasteiger partial charge in [-0.1, -0.05) is 13.8 Å². The van der Waals surface area contributed by atoms with E-state index in [9.17, 15) is 0 Å². The average molecular weight is 234 g/mol. The molecule has 0 saturated heterocycles. The fourth-order valence-corrected chi connectivity index (χ4v) is 1.97. The van der Waals surface area contributed by atoms with Crippen LogP contribution in [0.5, 0.6) is 0 Å². The largest absolute Gasteiger partial charge is 0.397 e. The first-order valence-electron chi connectivity index (χ1n) is 5.89. The lowest BCUT2D eigenvalue weighted by Crippen LogP contribution is -2.27. The van der Waals surface area contributed by atoms with Crippen LogP contribution >= 0.6 is 0 Å². The van der Waals surface area contributed by atoms with E-state index in [-0.39, 0.29) is 0 Å². The lowest BCUT2D eigenvalue weighted by atomic mass is 10.1. The summed E-state index contributed by atoms with van der Waals surface area (Å²) in [5, 5.41) is 7.78. The SMILES string of the molecule is CCN(CC(C)C)c1ccc(N)c2nonc12. The van der Waals surface area contributed by atoms with Crippen molar-refractivity contribution in [1.29, 1.82) is 0 Å². The summed E-state index contributed by atoms with van der Waals surface area (Å²) in [5.41, 5.74) is 8.85.